The number of fused-ring (bicyclic) bond motifs is 1. The minimum absolute atomic E-state index is 0.0841. The lowest BCUT2D eigenvalue weighted by Crippen LogP contribution is -2.41. The minimum atomic E-state index is -3.81. The predicted molar refractivity (Wildman–Crippen MR) is 155 cm³/mol. The van der Waals surface area contributed by atoms with Crippen LogP contribution >= 0.6 is 8.19 Å². The number of Topliss-reactive ketones (excluding diaryl/α,β-unsaturated/α-hetero) is 1. The molecule has 3 heterocycles. The van der Waals surface area contributed by atoms with Gasteiger partial charge >= 0.3 is 0 Å². The molecule has 3 aromatic rings. The number of rotatable bonds is 8. The van der Waals surface area contributed by atoms with Gasteiger partial charge in [0.05, 0.1) is 12.5 Å². The summed E-state index contributed by atoms with van der Waals surface area (Å²) in [5, 5.41) is 3.59. The van der Waals surface area contributed by atoms with Crippen molar-refractivity contribution in [3.8, 4) is 0 Å². The second-order valence-electron chi connectivity index (χ2n) is 10.5. The fraction of sp³-hybridized carbons (Fsp3) is 0.414. The van der Waals surface area contributed by atoms with E-state index in [4.69, 9.17) is 4.42 Å². The van der Waals surface area contributed by atoms with Crippen molar-refractivity contribution in [3.63, 3.8) is 0 Å². The Morgan fingerprint density at radius 1 is 1.18 bits per heavy atom. The Labute approximate surface area is 236 Å². The van der Waals surface area contributed by atoms with Crippen molar-refractivity contribution in [1.29, 1.82) is 0 Å². The molecule has 1 unspecified atom stereocenters. The molecular formula is C29H34N3O6PS. The van der Waals surface area contributed by atoms with Gasteiger partial charge in [-0.3, -0.25) is 14.4 Å². The van der Waals surface area contributed by atoms with Crippen LogP contribution < -0.4 is 5.32 Å². The van der Waals surface area contributed by atoms with E-state index in [1.165, 1.54) is 10.5 Å². The second kappa shape index (κ2) is 12.5. The lowest BCUT2D eigenvalue weighted by molar-refractivity contribution is -0.120. The highest BCUT2D eigenvalue weighted by Crippen LogP contribution is 2.29. The highest BCUT2D eigenvalue weighted by atomic mass is 32.2. The first-order valence-corrected chi connectivity index (χ1v) is 15.7. The molecule has 1 fully saturated rings. The average molecular weight is 584 g/mol. The number of nitrogens with one attached hydrogen (secondary N) is 1. The zero-order valence-electron chi connectivity index (χ0n) is 23.0. The summed E-state index contributed by atoms with van der Waals surface area (Å²) in [6.45, 7) is 7.15. The Kier molecular flexibility index (Phi) is 9.33. The van der Waals surface area contributed by atoms with E-state index in [9.17, 15) is 22.8 Å². The number of carbonyl (C=O) groups is 3. The van der Waals surface area contributed by atoms with Crippen LogP contribution in [-0.2, 0) is 19.6 Å². The van der Waals surface area contributed by atoms with Crippen LogP contribution in [0.1, 0.15) is 56.2 Å². The first-order valence-electron chi connectivity index (χ1n) is 13.3. The van der Waals surface area contributed by atoms with Crippen molar-refractivity contribution in [2.45, 2.75) is 63.7 Å². The van der Waals surface area contributed by atoms with Crippen LogP contribution in [0.2, 0.25) is 0 Å². The Morgan fingerprint density at radius 3 is 2.58 bits per heavy atom. The lowest BCUT2D eigenvalue weighted by Gasteiger charge is -2.25. The molecule has 11 heteroatoms. The lowest BCUT2D eigenvalue weighted by atomic mass is 9.99. The normalized spacial score (nSPS) is 19.9. The molecule has 2 amide bonds. The molecule has 1 aliphatic rings. The fourth-order valence-corrected chi connectivity index (χ4v) is 7.71. The molecule has 3 atom stereocenters. The molecule has 0 bridgehead atoms. The number of benzene rings is 1. The maximum absolute atomic E-state index is 13.2. The third-order valence-corrected chi connectivity index (χ3v) is 10.6. The molecule has 212 valence electrons. The van der Waals surface area contributed by atoms with E-state index >= 15 is 0 Å². The SMILES string of the molecule is Cc1c(C(=O)N[C@@H](CC(C)C)C(=O)N=CC2CC[C@@H](C)N(S(=O)(=O)c3ccccp3)CC2=O)oc2ccccc12. The number of para-hydroxylation sites is 1. The molecule has 1 saturated heterocycles. The van der Waals surface area contributed by atoms with Crippen LogP contribution in [-0.4, -0.2) is 55.2 Å². The van der Waals surface area contributed by atoms with E-state index in [1.807, 2.05) is 32.0 Å². The molecule has 40 heavy (non-hydrogen) atoms. The van der Waals surface area contributed by atoms with E-state index in [0.717, 1.165) is 5.39 Å². The van der Waals surface area contributed by atoms with Crippen molar-refractivity contribution >= 4 is 53.0 Å². The quantitative estimate of drug-likeness (QED) is 0.367. The minimum Gasteiger partial charge on any atom is -0.451 e. The zero-order chi connectivity index (χ0) is 29.0. The van der Waals surface area contributed by atoms with Gasteiger partial charge in [-0.15, -0.1) is 0 Å². The van der Waals surface area contributed by atoms with Crippen molar-refractivity contribution in [3.05, 3.63) is 59.6 Å². The molecule has 9 nitrogen and oxygen atoms in total. The molecule has 1 aromatic carbocycles. The number of furan rings is 1. The number of aliphatic imine (C=N–C) groups is 1. The largest absolute Gasteiger partial charge is 0.451 e. The van der Waals surface area contributed by atoms with Gasteiger partial charge < -0.3 is 9.73 Å². The van der Waals surface area contributed by atoms with Crippen LogP contribution in [0.5, 0.6) is 0 Å². The highest BCUT2D eigenvalue weighted by Gasteiger charge is 2.36. The standard InChI is InChI=1S/C29H34N3O6PS/c1-18(2)15-23(31-29(35)27-20(4)22-9-5-6-10-25(22)38-27)28(34)30-16-21-13-12-19(3)32(17-24(21)33)40(36,37)26-11-7-8-14-39-26/h5-11,14,16,18-19,21,23H,12-13,15,17H2,1-4H3,(H,31,35)/t19-,21?,23+/m1/s1. The number of hydrogen-bond donors (Lipinski definition) is 1. The van der Waals surface area contributed by atoms with E-state index in [2.05, 4.69) is 10.3 Å². The van der Waals surface area contributed by atoms with Crippen molar-refractivity contribution in [2.75, 3.05) is 6.54 Å². The van der Waals surface area contributed by atoms with Gasteiger partial charge in [0, 0.05) is 23.2 Å². The number of hydrogen-bond acceptors (Lipinski definition) is 6. The smallest absolute Gasteiger partial charge is 0.287 e. The second-order valence-corrected chi connectivity index (χ2v) is 13.7. The summed E-state index contributed by atoms with van der Waals surface area (Å²) in [5.74, 6) is -0.142. The maximum atomic E-state index is 13.2. The Bertz CT molecular complexity index is 1530. The predicted octanol–water partition coefficient (Wildman–Crippen LogP) is 5.12. The van der Waals surface area contributed by atoms with Crippen LogP contribution in [0.15, 0.2) is 62.3 Å². The number of nitrogens with zero attached hydrogens (tertiary/aromatic N) is 2. The summed E-state index contributed by atoms with van der Waals surface area (Å²) < 4.78 is 33.7. The van der Waals surface area contributed by atoms with Crippen LogP contribution in [0, 0.1) is 18.8 Å². The van der Waals surface area contributed by atoms with E-state index in [0.29, 0.717) is 38.6 Å². The van der Waals surface area contributed by atoms with Crippen molar-refractivity contribution < 1.29 is 27.2 Å². The monoisotopic (exact) mass is 583 g/mol. The number of ketones is 1. The molecule has 1 N–H and O–H groups in total. The van der Waals surface area contributed by atoms with E-state index in [-0.39, 0.29) is 34.7 Å². The van der Waals surface area contributed by atoms with Gasteiger partial charge in [0.1, 0.15) is 16.3 Å². The summed E-state index contributed by atoms with van der Waals surface area (Å²) in [6, 6.07) is 11.0. The first kappa shape index (κ1) is 29.8. The van der Waals surface area contributed by atoms with Gasteiger partial charge in [-0.1, -0.05) is 52.4 Å². The molecule has 2 aromatic heterocycles. The van der Waals surface area contributed by atoms with E-state index < -0.39 is 33.8 Å². The summed E-state index contributed by atoms with van der Waals surface area (Å²) >= 11 is 0. The third kappa shape index (κ3) is 6.57. The van der Waals surface area contributed by atoms with Gasteiger partial charge in [-0.25, -0.2) is 13.4 Å². The molecule has 0 radical (unpaired) electrons. The van der Waals surface area contributed by atoms with Gasteiger partial charge in [0.25, 0.3) is 11.8 Å². The topological polar surface area (TPSA) is 126 Å². The molecule has 0 saturated carbocycles. The highest BCUT2D eigenvalue weighted by molar-refractivity contribution is 7.92. The van der Waals surface area contributed by atoms with Crippen molar-refractivity contribution in [2.24, 2.45) is 16.8 Å². The maximum Gasteiger partial charge on any atom is 0.287 e. The Hall–Kier alpha value is -3.20. The van der Waals surface area contributed by atoms with Gasteiger partial charge in [0.2, 0.25) is 10.0 Å². The number of aryl methyl sites for hydroxylation is 1. The summed E-state index contributed by atoms with van der Waals surface area (Å²) in [6.07, 6.45) is 2.47. The molecule has 0 aliphatic carbocycles. The van der Waals surface area contributed by atoms with E-state index in [1.54, 1.807) is 43.9 Å². The molecule has 0 spiro atoms. The van der Waals surface area contributed by atoms with Crippen molar-refractivity contribution in [1.82, 2.24) is 9.62 Å². The molecule has 1 aliphatic heterocycles. The van der Waals surface area contributed by atoms with Crippen LogP contribution in [0.25, 0.3) is 11.0 Å². The van der Waals surface area contributed by atoms with Gasteiger partial charge in [0.15, 0.2) is 11.5 Å². The van der Waals surface area contributed by atoms with Gasteiger partial charge in [-0.2, -0.15) is 4.31 Å². The van der Waals surface area contributed by atoms with Crippen LogP contribution in [0.3, 0.4) is 0 Å². The Morgan fingerprint density at radius 2 is 1.90 bits per heavy atom. The number of amides is 2. The third-order valence-electron chi connectivity index (χ3n) is 7.07. The zero-order valence-corrected chi connectivity index (χ0v) is 24.7. The number of sulfonamides is 1. The first-order chi connectivity index (χ1) is 19.0. The summed E-state index contributed by atoms with van der Waals surface area (Å²) in [5.41, 5.74) is 1.27. The van der Waals surface area contributed by atoms with Gasteiger partial charge in [-0.05, 0) is 57.0 Å². The van der Waals surface area contributed by atoms with Crippen LogP contribution in [0.4, 0.5) is 0 Å². The molecule has 4 rings (SSSR count). The number of carbonyl (C=O) groups excluding carboxylic acids is 3. The Balaban J connectivity index is 1.48. The summed E-state index contributed by atoms with van der Waals surface area (Å²) in [7, 11) is -3.26. The average Bonchev–Trinajstić information content (AvgIpc) is 3.19. The fourth-order valence-electron chi connectivity index (χ4n) is 4.81. The summed E-state index contributed by atoms with van der Waals surface area (Å²) in [4.78, 5) is 43.4. The molecular weight excluding hydrogens is 549 g/mol.